The number of amides is 1. The molecule has 23 heavy (non-hydrogen) atoms. The molecule has 5 heteroatoms. The fourth-order valence-corrected chi connectivity index (χ4v) is 2.34. The van der Waals surface area contributed by atoms with E-state index in [1.807, 2.05) is 38.1 Å². The third-order valence-corrected chi connectivity index (χ3v) is 3.72. The number of pyridine rings is 1. The lowest BCUT2D eigenvalue weighted by Gasteiger charge is -2.24. The Morgan fingerprint density at radius 2 is 2.00 bits per heavy atom. The molecule has 0 bridgehead atoms. The number of nitrogens with zero attached hydrogens (tertiary/aromatic N) is 2. The number of likely N-dealkylation sites (N-methyl/N-ethyl adjacent to an activating group) is 1. The molecule has 2 rings (SSSR count). The maximum Gasteiger partial charge on any atom is 0.259 e. The lowest BCUT2D eigenvalue weighted by Crippen LogP contribution is -2.35. The maximum atomic E-state index is 12.7. The van der Waals surface area contributed by atoms with Crippen molar-refractivity contribution in [3.05, 3.63) is 59.3 Å². The van der Waals surface area contributed by atoms with E-state index in [9.17, 15) is 9.90 Å². The number of hydrogen-bond donors (Lipinski definition) is 1. The Balaban J connectivity index is 2.15. The molecule has 0 fully saturated rings. The third kappa shape index (κ3) is 4.07. The first-order valence-electron chi connectivity index (χ1n) is 7.59. The zero-order chi connectivity index (χ0) is 16.8. The van der Waals surface area contributed by atoms with Crippen LogP contribution in [0, 0.1) is 6.92 Å². The van der Waals surface area contributed by atoms with Crippen molar-refractivity contribution in [1.29, 1.82) is 0 Å². The van der Waals surface area contributed by atoms with Crippen LogP contribution < -0.4 is 4.74 Å². The molecule has 1 heterocycles. The number of aromatic nitrogens is 1. The molecule has 0 spiro atoms. The Hall–Kier alpha value is -2.40. The molecular formula is C18H22N2O3. The van der Waals surface area contributed by atoms with Gasteiger partial charge in [-0.05, 0) is 31.5 Å². The van der Waals surface area contributed by atoms with Crippen molar-refractivity contribution >= 4 is 5.91 Å². The first-order chi connectivity index (χ1) is 11.1. The second-order valence-corrected chi connectivity index (χ2v) is 5.33. The summed E-state index contributed by atoms with van der Waals surface area (Å²) in [5.41, 5.74) is 2.32. The third-order valence-electron chi connectivity index (χ3n) is 3.72. The van der Waals surface area contributed by atoms with Crippen LogP contribution in [0.3, 0.4) is 0 Å². The number of hydrogen-bond acceptors (Lipinski definition) is 4. The minimum Gasteiger partial charge on any atom is -0.480 e. The summed E-state index contributed by atoms with van der Waals surface area (Å²) in [5, 5.41) is 10.4. The van der Waals surface area contributed by atoms with Gasteiger partial charge in [-0.2, -0.15) is 0 Å². The molecule has 0 saturated carbocycles. The first kappa shape index (κ1) is 17.0. The Morgan fingerprint density at radius 1 is 1.30 bits per heavy atom. The van der Waals surface area contributed by atoms with Gasteiger partial charge in [0.05, 0.1) is 19.8 Å². The topological polar surface area (TPSA) is 62.7 Å². The number of carbonyl (C=O) groups excluding carboxylic acids is 1. The monoisotopic (exact) mass is 314 g/mol. The highest BCUT2D eigenvalue weighted by Crippen LogP contribution is 2.19. The van der Waals surface area contributed by atoms with Crippen LogP contribution in [0.15, 0.2) is 42.6 Å². The van der Waals surface area contributed by atoms with E-state index in [1.54, 1.807) is 23.2 Å². The molecule has 0 radical (unpaired) electrons. The zero-order valence-electron chi connectivity index (χ0n) is 13.7. The molecule has 5 nitrogen and oxygen atoms in total. The highest BCUT2D eigenvalue weighted by molar-refractivity contribution is 5.96. The van der Waals surface area contributed by atoms with Crippen LogP contribution >= 0.6 is 0 Å². The summed E-state index contributed by atoms with van der Waals surface area (Å²) in [6, 6.07) is 11.0. The number of aliphatic hydroxyl groups is 1. The second kappa shape index (κ2) is 7.74. The summed E-state index contributed by atoms with van der Waals surface area (Å²) >= 11 is 0. The molecule has 1 aromatic carbocycles. The van der Waals surface area contributed by atoms with Gasteiger partial charge >= 0.3 is 0 Å². The van der Waals surface area contributed by atoms with E-state index >= 15 is 0 Å². The lowest BCUT2D eigenvalue weighted by molar-refractivity contribution is 0.0631. The minimum absolute atomic E-state index is 0.205. The average molecular weight is 314 g/mol. The van der Waals surface area contributed by atoms with Gasteiger partial charge in [0.15, 0.2) is 0 Å². The predicted molar refractivity (Wildman–Crippen MR) is 88.5 cm³/mol. The number of aliphatic hydroxyl groups excluding tert-OH is 1. The Labute approximate surface area is 136 Å². The van der Waals surface area contributed by atoms with Gasteiger partial charge in [-0.25, -0.2) is 4.98 Å². The van der Waals surface area contributed by atoms with Gasteiger partial charge in [0, 0.05) is 12.7 Å². The van der Waals surface area contributed by atoms with E-state index in [4.69, 9.17) is 4.74 Å². The van der Waals surface area contributed by atoms with Gasteiger partial charge in [0.2, 0.25) is 5.88 Å². The molecule has 1 amide bonds. The molecule has 0 aliphatic carbocycles. The van der Waals surface area contributed by atoms with Crippen molar-refractivity contribution in [3.63, 3.8) is 0 Å². The van der Waals surface area contributed by atoms with Gasteiger partial charge in [-0.1, -0.05) is 29.8 Å². The predicted octanol–water partition coefficient (Wildman–Crippen LogP) is 2.59. The molecule has 2 aromatic rings. The van der Waals surface area contributed by atoms with Crippen molar-refractivity contribution in [2.75, 3.05) is 20.2 Å². The molecule has 0 aliphatic heterocycles. The summed E-state index contributed by atoms with van der Waals surface area (Å²) in [6.07, 6.45) is 0.842. The summed E-state index contributed by atoms with van der Waals surface area (Å²) in [4.78, 5) is 18.3. The first-order valence-corrected chi connectivity index (χ1v) is 7.59. The number of carbonyl (C=O) groups is 1. The molecule has 122 valence electrons. The molecular weight excluding hydrogens is 292 g/mol. The number of benzene rings is 1. The Bertz CT molecular complexity index is 656. The fraction of sp³-hybridized carbons (Fsp3) is 0.333. The second-order valence-electron chi connectivity index (χ2n) is 5.33. The van der Waals surface area contributed by atoms with Gasteiger partial charge < -0.3 is 14.7 Å². The van der Waals surface area contributed by atoms with Crippen molar-refractivity contribution in [3.8, 4) is 5.88 Å². The van der Waals surface area contributed by atoms with Gasteiger partial charge in [0.25, 0.3) is 5.91 Å². The van der Waals surface area contributed by atoms with Crippen LogP contribution in [-0.2, 0) is 0 Å². The summed E-state index contributed by atoms with van der Waals surface area (Å²) < 4.78 is 5.14. The number of ether oxygens (including phenoxy) is 1. The number of aryl methyl sites for hydroxylation is 1. The lowest BCUT2D eigenvalue weighted by atomic mass is 10.1. The average Bonchev–Trinajstić information content (AvgIpc) is 2.59. The molecule has 1 aromatic heterocycles. The molecule has 0 saturated heterocycles. The van der Waals surface area contributed by atoms with Gasteiger partial charge in [0.1, 0.15) is 5.56 Å². The van der Waals surface area contributed by atoms with E-state index in [-0.39, 0.29) is 12.5 Å². The van der Waals surface area contributed by atoms with E-state index in [0.717, 1.165) is 11.1 Å². The van der Waals surface area contributed by atoms with E-state index in [0.29, 0.717) is 18.0 Å². The minimum atomic E-state index is -0.734. The van der Waals surface area contributed by atoms with Crippen LogP contribution in [-0.4, -0.2) is 41.1 Å². The van der Waals surface area contributed by atoms with Gasteiger partial charge in [-0.15, -0.1) is 0 Å². The van der Waals surface area contributed by atoms with E-state index in [2.05, 4.69) is 4.98 Å². The van der Waals surface area contributed by atoms with E-state index < -0.39 is 6.10 Å². The molecule has 1 unspecified atom stereocenters. The summed E-state index contributed by atoms with van der Waals surface area (Å²) in [5.74, 6) is 0.0874. The van der Waals surface area contributed by atoms with Crippen molar-refractivity contribution in [1.82, 2.24) is 9.88 Å². The van der Waals surface area contributed by atoms with Crippen molar-refractivity contribution in [2.45, 2.75) is 20.0 Å². The van der Waals surface area contributed by atoms with Crippen LogP contribution in [0.25, 0.3) is 0 Å². The van der Waals surface area contributed by atoms with Crippen molar-refractivity contribution in [2.24, 2.45) is 0 Å². The number of rotatable bonds is 6. The van der Waals surface area contributed by atoms with Crippen LogP contribution in [0.2, 0.25) is 0 Å². The SMILES string of the molecule is CCN(CC(O)c1ccc(C)cc1)C(=O)c1cccnc1OC. The van der Waals surface area contributed by atoms with Crippen molar-refractivity contribution < 1.29 is 14.6 Å². The Kier molecular flexibility index (Phi) is 5.71. The smallest absolute Gasteiger partial charge is 0.259 e. The van der Waals surface area contributed by atoms with Crippen LogP contribution in [0.5, 0.6) is 5.88 Å². The standard InChI is InChI=1S/C18H22N2O3/c1-4-20(12-16(21)14-9-7-13(2)8-10-14)18(22)15-6-5-11-19-17(15)23-3/h5-11,16,21H,4,12H2,1-3H3. The fourth-order valence-electron chi connectivity index (χ4n) is 2.34. The molecule has 1 atom stereocenters. The highest BCUT2D eigenvalue weighted by atomic mass is 16.5. The van der Waals surface area contributed by atoms with Crippen LogP contribution in [0.4, 0.5) is 0 Å². The normalized spacial score (nSPS) is 11.8. The highest BCUT2D eigenvalue weighted by Gasteiger charge is 2.22. The molecule has 1 N–H and O–H groups in total. The quantitative estimate of drug-likeness (QED) is 0.890. The van der Waals surface area contributed by atoms with Gasteiger partial charge in [-0.3, -0.25) is 4.79 Å². The Morgan fingerprint density at radius 3 is 2.61 bits per heavy atom. The number of methoxy groups -OCH3 is 1. The maximum absolute atomic E-state index is 12.7. The van der Waals surface area contributed by atoms with Crippen LogP contribution in [0.1, 0.15) is 34.5 Å². The van der Waals surface area contributed by atoms with E-state index in [1.165, 1.54) is 7.11 Å². The summed E-state index contributed by atoms with van der Waals surface area (Å²) in [6.45, 7) is 4.57. The molecule has 0 aliphatic rings. The summed E-state index contributed by atoms with van der Waals surface area (Å²) in [7, 11) is 1.48. The zero-order valence-corrected chi connectivity index (χ0v) is 13.7. The largest absolute Gasteiger partial charge is 0.480 e.